The number of amides is 1. The van der Waals surface area contributed by atoms with E-state index in [2.05, 4.69) is 15.5 Å². The average Bonchev–Trinajstić information content (AvgIpc) is 2.67. The number of halogens is 1. The monoisotopic (exact) mass is 262 g/mol. The molecule has 3 N–H and O–H groups in total. The molecular formula is C10H19ClN4O2. The fraction of sp³-hybridized carbons (Fsp3) is 0.700. The van der Waals surface area contributed by atoms with E-state index < -0.39 is 0 Å². The Balaban J connectivity index is 0.00000256. The van der Waals surface area contributed by atoms with E-state index in [4.69, 9.17) is 10.3 Å². The summed E-state index contributed by atoms with van der Waals surface area (Å²) in [6.07, 6.45) is 0.900. The van der Waals surface area contributed by atoms with E-state index in [1.54, 1.807) is 0 Å². The number of nitrogens with two attached hydrogens (primary N) is 1. The Kier molecular flexibility index (Phi) is 7.49. The molecule has 0 bridgehead atoms. The fourth-order valence-corrected chi connectivity index (χ4v) is 1.13. The van der Waals surface area contributed by atoms with Crippen LogP contribution in [0.1, 0.15) is 37.9 Å². The summed E-state index contributed by atoms with van der Waals surface area (Å²) in [5.74, 6) is 1.45. The van der Waals surface area contributed by atoms with Gasteiger partial charge in [-0.1, -0.05) is 19.0 Å². The third kappa shape index (κ3) is 5.65. The molecule has 0 aliphatic carbocycles. The average molecular weight is 263 g/mol. The highest BCUT2D eigenvalue weighted by Crippen LogP contribution is 2.09. The highest BCUT2D eigenvalue weighted by molar-refractivity contribution is 5.85. The Morgan fingerprint density at radius 1 is 1.53 bits per heavy atom. The number of carbonyl (C=O) groups excluding carboxylic acids is 1. The van der Waals surface area contributed by atoms with E-state index in [0.717, 1.165) is 0 Å². The summed E-state index contributed by atoms with van der Waals surface area (Å²) < 4.78 is 5.03. The van der Waals surface area contributed by atoms with Crippen LogP contribution in [0.3, 0.4) is 0 Å². The quantitative estimate of drug-likeness (QED) is 0.784. The molecule has 1 rings (SSSR count). The van der Waals surface area contributed by atoms with Crippen LogP contribution >= 0.6 is 12.4 Å². The first kappa shape index (κ1) is 15.9. The molecule has 0 atom stereocenters. The maximum absolute atomic E-state index is 11.1. The van der Waals surface area contributed by atoms with Crippen molar-refractivity contribution in [2.24, 2.45) is 5.73 Å². The van der Waals surface area contributed by atoms with E-state index in [0.29, 0.717) is 37.6 Å². The van der Waals surface area contributed by atoms with Crippen LogP contribution in [0.15, 0.2) is 4.52 Å². The maximum Gasteiger partial charge on any atom is 0.228 e. The lowest BCUT2D eigenvalue weighted by Gasteiger charge is -2.00. The number of rotatable bonds is 6. The summed E-state index contributed by atoms with van der Waals surface area (Å²) in [4.78, 5) is 15.3. The molecule has 0 saturated heterocycles. The van der Waals surface area contributed by atoms with Crippen molar-refractivity contribution in [3.05, 3.63) is 11.7 Å². The smallest absolute Gasteiger partial charge is 0.228 e. The molecular weight excluding hydrogens is 244 g/mol. The van der Waals surface area contributed by atoms with Gasteiger partial charge < -0.3 is 15.6 Å². The van der Waals surface area contributed by atoms with E-state index >= 15 is 0 Å². The van der Waals surface area contributed by atoms with Crippen LogP contribution in [0.25, 0.3) is 0 Å². The predicted molar refractivity (Wildman–Crippen MR) is 66.0 cm³/mol. The maximum atomic E-state index is 11.1. The second-order valence-corrected chi connectivity index (χ2v) is 3.84. The zero-order valence-corrected chi connectivity index (χ0v) is 10.9. The Bertz CT molecular complexity index is 341. The summed E-state index contributed by atoms with van der Waals surface area (Å²) in [7, 11) is 0. The fourth-order valence-electron chi connectivity index (χ4n) is 1.13. The van der Waals surface area contributed by atoms with Gasteiger partial charge in [0.1, 0.15) is 0 Å². The number of hydrogen-bond donors (Lipinski definition) is 2. The third-order valence-electron chi connectivity index (χ3n) is 2.03. The van der Waals surface area contributed by atoms with Crippen LogP contribution in [0.2, 0.25) is 0 Å². The van der Waals surface area contributed by atoms with Gasteiger partial charge in [-0.15, -0.1) is 12.4 Å². The van der Waals surface area contributed by atoms with Crippen LogP contribution < -0.4 is 11.1 Å². The Morgan fingerprint density at radius 3 is 2.76 bits per heavy atom. The van der Waals surface area contributed by atoms with Gasteiger partial charge in [0, 0.05) is 31.8 Å². The molecule has 1 heterocycles. The lowest BCUT2D eigenvalue weighted by molar-refractivity contribution is -0.120. The van der Waals surface area contributed by atoms with E-state index in [1.807, 2.05) is 13.8 Å². The molecule has 0 saturated carbocycles. The molecule has 0 fully saturated rings. The van der Waals surface area contributed by atoms with Crippen LogP contribution in [-0.4, -0.2) is 29.1 Å². The topological polar surface area (TPSA) is 94.0 Å². The lowest BCUT2D eigenvalue weighted by Crippen LogP contribution is -2.27. The van der Waals surface area contributed by atoms with Crippen molar-refractivity contribution in [2.75, 3.05) is 13.1 Å². The van der Waals surface area contributed by atoms with Gasteiger partial charge in [-0.05, 0) is 0 Å². The molecule has 0 aromatic carbocycles. The Labute approximate surface area is 107 Å². The van der Waals surface area contributed by atoms with Crippen LogP contribution in [0.5, 0.6) is 0 Å². The molecule has 6 nitrogen and oxygen atoms in total. The van der Waals surface area contributed by atoms with E-state index in [-0.39, 0.29) is 24.2 Å². The van der Waals surface area contributed by atoms with Gasteiger partial charge in [0.25, 0.3) is 0 Å². The molecule has 0 aliphatic heterocycles. The first-order chi connectivity index (χ1) is 7.63. The first-order valence-corrected chi connectivity index (χ1v) is 5.42. The Hall–Kier alpha value is -1.14. The number of nitrogens with zero attached hydrogens (tertiary/aromatic N) is 2. The van der Waals surface area contributed by atoms with Gasteiger partial charge >= 0.3 is 0 Å². The van der Waals surface area contributed by atoms with Gasteiger partial charge in [0.05, 0.1) is 0 Å². The second-order valence-electron chi connectivity index (χ2n) is 3.84. The van der Waals surface area contributed by atoms with Gasteiger partial charge in [0.2, 0.25) is 11.8 Å². The molecule has 17 heavy (non-hydrogen) atoms. The lowest BCUT2D eigenvalue weighted by atomic mass is 10.2. The molecule has 0 radical (unpaired) electrons. The minimum Gasteiger partial charge on any atom is -0.356 e. The number of aromatic nitrogens is 2. The molecule has 0 unspecified atom stereocenters. The summed E-state index contributed by atoms with van der Waals surface area (Å²) in [6.45, 7) is 4.86. The van der Waals surface area contributed by atoms with Crippen molar-refractivity contribution < 1.29 is 9.32 Å². The second kappa shape index (κ2) is 8.03. The van der Waals surface area contributed by atoms with Crippen molar-refractivity contribution in [1.29, 1.82) is 0 Å². The SMILES string of the molecule is CC(C)c1noc(CCNC(=O)CCN)n1.Cl. The minimum atomic E-state index is -0.0499. The van der Waals surface area contributed by atoms with Crippen molar-refractivity contribution >= 4 is 18.3 Å². The highest BCUT2D eigenvalue weighted by atomic mass is 35.5. The standard InChI is InChI=1S/C10H18N4O2.ClH/c1-7(2)10-13-9(16-14-10)4-6-12-8(15)3-5-11;/h7H,3-6,11H2,1-2H3,(H,12,15);1H. The van der Waals surface area contributed by atoms with Gasteiger partial charge in [-0.25, -0.2) is 0 Å². The molecule has 1 aromatic heterocycles. The Morgan fingerprint density at radius 2 is 2.24 bits per heavy atom. The third-order valence-corrected chi connectivity index (χ3v) is 2.03. The number of nitrogens with one attached hydrogen (secondary N) is 1. The van der Waals surface area contributed by atoms with E-state index in [1.165, 1.54) is 0 Å². The molecule has 1 aromatic rings. The summed E-state index contributed by atoms with van der Waals surface area (Å²) in [5, 5.41) is 6.55. The molecule has 7 heteroatoms. The van der Waals surface area contributed by atoms with Crippen LogP contribution in [0.4, 0.5) is 0 Å². The predicted octanol–water partition coefficient (Wildman–Crippen LogP) is 0.622. The van der Waals surface area contributed by atoms with Gasteiger partial charge in [0.15, 0.2) is 5.82 Å². The van der Waals surface area contributed by atoms with Crippen molar-refractivity contribution in [3.63, 3.8) is 0 Å². The zero-order chi connectivity index (χ0) is 12.0. The molecule has 0 aliphatic rings. The van der Waals surface area contributed by atoms with Crippen molar-refractivity contribution in [1.82, 2.24) is 15.5 Å². The molecule has 1 amide bonds. The summed E-state index contributed by atoms with van der Waals surface area (Å²) in [6, 6.07) is 0. The highest BCUT2D eigenvalue weighted by Gasteiger charge is 2.09. The van der Waals surface area contributed by atoms with E-state index in [9.17, 15) is 4.79 Å². The largest absolute Gasteiger partial charge is 0.356 e. The molecule has 98 valence electrons. The van der Waals surface area contributed by atoms with Crippen molar-refractivity contribution in [2.45, 2.75) is 32.6 Å². The number of carbonyl (C=O) groups is 1. The van der Waals surface area contributed by atoms with Gasteiger partial charge in [-0.2, -0.15) is 4.98 Å². The normalized spacial score (nSPS) is 10.1. The summed E-state index contributed by atoms with van der Waals surface area (Å²) in [5.41, 5.74) is 5.25. The summed E-state index contributed by atoms with van der Waals surface area (Å²) >= 11 is 0. The number of hydrogen-bond acceptors (Lipinski definition) is 5. The molecule has 0 spiro atoms. The van der Waals surface area contributed by atoms with Crippen LogP contribution in [-0.2, 0) is 11.2 Å². The first-order valence-electron chi connectivity index (χ1n) is 5.42. The van der Waals surface area contributed by atoms with Crippen LogP contribution in [0, 0.1) is 0 Å². The van der Waals surface area contributed by atoms with Gasteiger partial charge in [-0.3, -0.25) is 4.79 Å². The minimum absolute atomic E-state index is 0. The zero-order valence-electron chi connectivity index (χ0n) is 10.1. The van der Waals surface area contributed by atoms with Crippen molar-refractivity contribution in [3.8, 4) is 0 Å².